The number of fused-ring (bicyclic) bond motifs is 1. The minimum absolute atomic E-state index is 0.210. The summed E-state index contributed by atoms with van der Waals surface area (Å²) in [6.45, 7) is 3.94. The molecular weight excluding hydrogens is 533 g/mol. The summed E-state index contributed by atoms with van der Waals surface area (Å²) in [5, 5.41) is 3.08. The van der Waals surface area contributed by atoms with E-state index in [0.717, 1.165) is 37.2 Å². The third kappa shape index (κ3) is 6.45. The van der Waals surface area contributed by atoms with Crippen LogP contribution in [0.15, 0.2) is 54.6 Å². The lowest BCUT2D eigenvalue weighted by Gasteiger charge is -2.59. The van der Waals surface area contributed by atoms with Crippen molar-refractivity contribution in [1.29, 1.82) is 0 Å². The van der Waals surface area contributed by atoms with Crippen molar-refractivity contribution in [1.82, 2.24) is 10.2 Å². The van der Waals surface area contributed by atoms with Gasteiger partial charge in [0.15, 0.2) is 0 Å². The van der Waals surface area contributed by atoms with Crippen LogP contribution in [0.4, 0.5) is 13.2 Å². The number of nitrogens with one attached hydrogen (secondary N) is 1. The van der Waals surface area contributed by atoms with Gasteiger partial charge >= 0.3 is 12.1 Å². The number of nitrogens with zero attached hydrogens (tertiary/aromatic N) is 1. The van der Waals surface area contributed by atoms with E-state index in [0.29, 0.717) is 43.0 Å². The topological polar surface area (TPSA) is 67.9 Å². The lowest BCUT2D eigenvalue weighted by molar-refractivity contribution is -0.187. The van der Waals surface area contributed by atoms with Gasteiger partial charge in [-0.05, 0) is 92.5 Å². The van der Waals surface area contributed by atoms with Gasteiger partial charge in [0.25, 0.3) is 0 Å². The Kier molecular flexibility index (Phi) is 8.19. The van der Waals surface area contributed by atoms with Gasteiger partial charge in [-0.15, -0.1) is 0 Å². The minimum atomic E-state index is -4.45. The largest absolute Gasteiger partial charge is 0.497 e. The molecule has 6 nitrogen and oxygen atoms in total. The quantitative estimate of drug-likeness (QED) is 0.323. The van der Waals surface area contributed by atoms with E-state index < -0.39 is 22.8 Å². The third-order valence-electron chi connectivity index (χ3n) is 8.86. The smallest absolute Gasteiger partial charge is 0.416 e. The summed E-state index contributed by atoms with van der Waals surface area (Å²) in [7, 11) is 1.62. The van der Waals surface area contributed by atoms with E-state index in [-0.39, 0.29) is 17.9 Å². The van der Waals surface area contributed by atoms with Gasteiger partial charge in [0, 0.05) is 37.5 Å². The molecule has 0 aromatic heterocycles. The molecule has 41 heavy (non-hydrogen) atoms. The molecule has 1 heterocycles. The molecule has 2 aliphatic carbocycles. The van der Waals surface area contributed by atoms with Gasteiger partial charge in [0.05, 0.1) is 12.7 Å². The Morgan fingerprint density at radius 3 is 2.59 bits per heavy atom. The second-order valence-corrected chi connectivity index (χ2v) is 11.7. The van der Waals surface area contributed by atoms with Crippen molar-refractivity contribution in [3.8, 4) is 5.75 Å². The Morgan fingerprint density at radius 1 is 1.10 bits per heavy atom. The van der Waals surface area contributed by atoms with E-state index in [2.05, 4.69) is 16.3 Å². The van der Waals surface area contributed by atoms with Crippen molar-refractivity contribution in [2.45, 2.75) is 68.7 Å². The first kappa shape index (κ1) is 29.2. The highest BCUT2D eigenvalue weighted by Gasteiger charge is 2.61. The van der Waals surface area contributed by atoms with Crippen molar-refractivity contribution >= 4 is 18.0 Å². The molecule has 3 atom stereocenters. The Balaban J connectivity index is 1.40. The molecule has 0 bridgehead atoms. The van der Waals surface area contributed by atoms with E-state index in [1.807, 2.05) is 18.2 Å². The molecule has 9 heteroatoms. The van der Waals surface area contributed by atoms with Crippen LogP contribution in [0.2, 0.25) is 0 Å². The van der Waals surface area contributed by atoms with Gasteiger partial charge in [0.1, 0.15) is 11.4 Å². The number of halogens is 3. The first-order valence-electron chi connectivity index (χ1n) is 14.2. The maximum absolute atomic E-state index is 13.1. The molecular formula is C32H37F3N2O4. The highest BCUT2D eigenvalue weighted by atomic mass is 19.4. The van der Waals surface area contributed by atoms with Gasteiger partial charge in [-0.2, -0.15) is 13.2 Å². The molecule has 3 unspecified atom stereocenters. The van der Waals surface area contributed by atoms with Crippen LogP contribution in [0.3, 0.4) is 0 Å². The van der Waals surface area contributed by atoms with E-state index in [1.165, 1.54) is 44.1 Å². The molecule has 2 aromatic carbocycles. The molecule has 1 saturated heterocycles. The lowest BCUT2D eigenvalue weighted by atomic mass is 9.55. The highest BCUT2D eigenvalue weighted by Crippen LogP contribution is 2.54. The number of alkyl halides is 3. The van der Waals surface area contributed by atoms with Crippen LogP contribution in [0.25, 0.3) is 6.08 Å². The average Bonchev–Trinajstić information content (AvgIpc) is 3.75. The maximum atomic E-state index is 13.1. The first-order valence-corrected chi connectivity index (χ1v) is 14.2. The SMILES string of the molecule is COc1cccc(C23CCN(CC4CC4)CC2(OC(C)=O)CCC(NC(=O)/C=C/c2cccc(C(F)(F)F)c2)C3)c1. The summed E-state index contributed by atoms with van der Waals surface area (Å²) in [5.41, 5.74) is -0.754. The second kappa shape index (κ2) is 11.5. The Hall–Kier alpha value is -3.33. The number of hydrogen-bond acceptors (Lipinski definition) is 5. The van der Waals surface area contributed by atoms with Crippen molar-refractivity contribution in [2.75, 3.05) is 26.7 Å². The lowest BCUT2D eigenvalue weighted by Crippen LogP contribution is -2.68. The molecule has 5 rings (SSSR count). The van der Waals surface area contributed by atoms with Gasteiger partial charge in [0.2, 0.25) is 5.91 Å². The summed E-state index contributed by atoms with van der Waals surface area (Å²) in [6, 6.07) is 12.5. The zero-order chi connectivity index (χ0) is 29.3. The zero-order valence-electron chi connectivity index (χ0n) is 23.5. The predicted octanol–water partition coefficient (Wildman–Crippen LogP) is 5.75. The fraction of sp³-hybridized carbons (Fsp3) is 0.500. The number of methoxy groups -OCH3 is 1. The molecule has 220 valence electrons. The van der Waals surface area contributed by atoms with E-state index in [1.54, 1.807) is 7.11 Å². The van der Waals surface area contributed by atoms with Gasteiger partial charge in [-0.25, -0.2) is 0 Å². The summed E-state index contributed by atoms with van der Waals surface area (Å²) >= 11 is 0. The van der Waals surface area contributed by atoms with Gasteiger partial charge in [-0.1, -0.05) is 24.3 Å². The average molecular weight is 571 g/mol. The number of piperidine rings is 1. The molecule has 2 aromatic rings. The maximum Gasteiger partial charge on any atom is 0.416 e. The Morgan fingerprint density at radius 2 is 1.88 bits per heavy atom. The van der Waals surface area contributed by atoms with E-state index in [9.17, 15) is 22.8 Å². The molecule has 1 aliphatic heterocycles. The van der Waals surface area contributed by atoms with E-state index >= 15 is 0 Å². The number of esters is 1. The number of amides is 1. The second-order valence-electron chi connectivity index (χ2n) is 11.7. The number of benzene rings is 2. The first-order chi connectivity index (χ1) is 19.5. The summed E-state index contributed by atoms with van der Waals surface area (Å²) < 4.78 is 51.1. The van der Waals surface area contributed by atoms with Gasteiger partial charge in [-0.3, -0.25) is 14.5 Å². The standard InChI is InChI=1S/C32H37F3N2O4/c1-22(38)41-31-14-13-27(36-29(39)12-11-23-5-3-7-26(17-23)32(33,34)35)19-30(31,25-6-4-8-28(18-25)40-2)15-16-37(21-31)20-24-9-10-24/h3-8,11-12,17-18,24,27H,9-10,13-16,19-21H2,1-2H3,(H,36,39)/b12-11+. The molecule has 2 saturated carbocycles. The fourth-order valence-corrected chi connectivity index (χ4v) is 6.79. The summed E-state index contributed by atoms with van der Waals surface area (Å²) in [6.07, 6.45) is 3.20. The van der Waals surface area contributed by atoms with Crippen LogP contribution in [-0.4, -0.2) is 55.2 Å². The number of likely N-dealkylation sites (tertiary alicyclic amines) is 1. The van der Waals surface area contributed by atoms with Crippen LogP contribution in [0.1, 0.15) is 62.1 Å². The monoisotopic (exact) mass is 570 g/mol. The van der Waals surface area contributed by atoms with Crippen molar-refractivity contribution in [3.63, 3.8) is 0 Å². The molecule has 1 N–H and O–H groups in total. The Labute approximate surface area is 238 Å². The predicted molar refractivity (Wildman–Crippen MR) is 149 cm³/mol. The normalized spacial score (nSPS) is 26.8. The van der Waals surface area contributed by atoms with E-state index in [4.69, 9.17) is 9.47 Å². The number of carbonyl (C=O) groups excluding carboxylic acids is 2. The molecule has 1 amide bonds. The molecule has 3 aliphatic rings. The van der Waals surface area contributed by atoms with Crippen LogP contribution in [-0.2, 0) is 25.9 Å². The number of rotatable bonds is 8. The van der Waals surface area contributed by atoms with Gasteiger partial charge < -0.3 is 14.8 Å². The van der Waals surface area contributed by atoms with Crippen LogP contribution in [0, 0.1) is 5.92 Å². The summed E-state index contributed by atoms with van der Waals surface area (Å²) in [5.74, 6) is 0.716. The number of carbonyl (C=O) groups is 2. The zero-order valence-corrected chi connectivity index (χ0v) is 23.5. The van der Waals surface area contributed by atoms with Crippen LogP contribution < -0.4 is 10.1 Å². The fourth-order valence-electron chi connectivity index (χ4n) is 6.79. The molecule has 3 fully saturated rings. The highest BCUT2D eigenvalue weighted by molar-refractivity contribution is 5.92. The minimum Gasteiger partial charge on any atom is -0.497 e. The summed E-state index contributed by atoms with van der Waals surface area (Å²) in [4.78, 5) is 27.9. The third-order valence-corrected chi connectivity index (χ3v) is 8.86. The van der Waals surface area contributed by atoms with Crippen molar-refractivity contribution in [3.05, 3.63) is 71.3 Å². The number of hydrogen-bond donors (Lipinski definition) is 1. The van der Waals surface area contributed by atoms with Crippen LogP contribution in [0.5, 0.6) is 5.75 Å². The molecule has 0 spiro atoms. The Bertz CT molecular complexity index is 1310. The van der Waals surface area contributed by atoms with Crippen LogP contribution >= 0.6 is 0 Å². The van der Waals surface area contributed by atoms with Crippen molar-refractivity contribution < 1.29 is 32.2 Å². The number of ether oxygens (including phenoxy) is 2. The molecule has 0 radical (unpaired) electrons. The van der Waals surface area contributed by atoms with Crippen molar-refractivity contribution in [2.24, 2.45) is 5.92 Å².